The molecule has 0 heterocycles. The fraction of sp³-hybridized carbons (Fsp3) is 0.0769. The normalized spacial score (nSPS) is 9.90. The predicted molar refractivity (Wildman–Crippen MR) is 68.2 cm³/mol. The number of rotatable bonds is 6. The molecular weight excluding hydrogens is 284 g/mol. The minimum atomic E-state index is -1.84. The lowest BCUT2D eigenvalue weighted by molar-refractivity contribution is 0.0619. The van der Waals surface area contributed by atoms with Gasteiger partial charge in [-0.1, -0.05) is 6.08 Å². The number of carboxylic acid groups (broad SMARTS) is 4. The Morgan fingerprint density at radius 1 is 0.857 bits per heavy atom. The van der Waals surface area contributed by atoms with E-state index in [1.807, 2.05) is 0 Å². The molecule has 0 aliphatic carbocycles. The van der Waals surface area contributed by atoms with E-state index >= 15 is 0 Å². The zero-order valence-electron chi connectivity index (χ0n) is 10.5. The van der Waals surface area contributed by atoms with E-state index in [1.165, 1.54) is 6.08 Å². The second kappa shape index (κ2) is 5.87. The maximum atomic E-state index is 11.2. The molecule has 0 atom stereocenters. The SMILES string of the molecule is C=CCc1cc(C(=O)O)c(C(=O)O)c(C(=O)O)c1C(=O)O. The first-order chi connectivity index (χ1) is 9.72. The summed E-state index contributed by atoms with van der Waals surface area (Å²) in [6.07, 6.45) is 1.13. The summed E-state index contributed by atoms with van der Waals surface area (Å²) in [5.41, 5.74) is -3.82. The topological polar surface area (TPSA) is 149 Å². The van der Waals surface area contributed by atoms with Gasteiger partial charge >= 0.3 is 23.9 Å². The lowest BCUT2D eigenvalue weighted by Crippen LogP contribution is -2.21. The van der Waals surface area contributed by atoms with Crippen molar-refractivity contribution in [2.24, 2.45) is 0 Å². The van der Waals surface area contributed by atoms with Crippen LogP contribution in [0, 0.1) is 0 Å². The molecule has 0 aromatic heterocycles. The van der Waals surface area contributed by atoms with Crippen LogP contribution in [0.15, 0.2) is 18.7 Å². The Morgan fingerprint density at radius 2 is 1.33 bits per heavy atom. The third-order valence-corrected chi connectivity index (χ3v) is 2.65. The van der Waals surface area contributed by atoms with Gasteiger partial charge in [-0.2, -0.15) is 0 Å². The van der Waals surface area contributed by atoms with Crippen molar-refractivity contribution < 1.29 is 39.6 Å². The highest BCUT2D eigenvalue weighted by atomic mass is 16.4. The second-order valence-corrected chi connectivity index (χ2v) is 3.92. The zero-order valence-corrected chi connectivity index (χ0v) is 10.5. The predicted octanol–water partition coefficient (Wildman–Crippen LogP) is 1.21. The molecule has 110 valence electrons. The summed E-state index contributed by atoms with van der Waals surface area (Å²) in [7, 11) is 0. The lowest BCUT2D eigenvalue weighted by Gasteiger charge is -2.13. The van der Waals surface area contributed by atoms with Crippen LogP contribution in [0.25, 0.3) is 0 Å². The van der Waals surface area contributed by atoms with Gasteiger partial charge in [0.25, 0.3) is 0 Å². The number of benzene rings is 1. The maximum Gasteiger partial charge on any atom is 0.337 e. The number of hydrogen-bond acceptors (Lipinski definition) is 4. The summed E-state index contributed by atoms with van der Waals surface area (Å²) in [6.45, 7) is 3.36. The van der Waals surface area contributed by atoms with E-state index in [0.29, 0.717) is 0 Å². The van der Waals surface area contributed by atoms with Crippen molar-refractivity contribution in [2.75, 3.05) is 0 Å². The van der Waals surface area contributed by atoms with Gasteiger partial charge in [0, 0.05) is 0 Å². The molecule has 1 aromatic carbocycles. The minimum Gasteiger partial charge on any atom is -0.478 e. The average Bonchev–Trinajstić information content (AvgIpc) is 2.36. The molecule has 0 unspecified atom stereocenters. The number of allylic oxidation sites excluding steroid dienone is 1. The van der Waals surface area contributed by atoms with Crippen LogP contribution in [0.1, 0.15) is 47.0 Å². The number of carbonyl (C=O) groups is 4. The van der Waals surface area contributed by atoms with Crippen LogP contribution in [-0.2, 0) is 6.42 Å². The second-order valence-electron chi connectivity index (χ2n) is 3.92. The monoisotopic (exact) mass is 294 g/mol. The molecule has 4 N–H and O–H groups in total. The number of hydrogen-bond donors (Lipinski definition) is 4. The Morgan fingerprint density at radius 3 is 1.67 bits per heavy atom. The van der Waals surface area contributed by atoms with Gasteiger partial charge in [-0.3, -0.25) is 0 Å². The van der Waals surface area contributed by atoms with Crippen molar-refractivity contribution in [1.29, 1.82) is 0 Å². The summed E-state index contributed by atoms with van der Waals surface area (Å²) in [4.78, 5) is 44.7. The third-order valence-electron chi connectivity index (χ3n) is 2.65. The van der Waals surface area contributed by atoms with Crippen molar-refractivity contribution in [3.63, 3.8) is 0 Å². The van der Waals surface area contributed by atoms with E-state index in [2.05, 4.69) is 6.58 Å². The molecule has 8 heteroatoms. The van der Waals surface area contributed by atoms with E-state index < -0.39 is 46.1 Å². The van der Waals surface area contributed by atoms with Crippen molar-refractivity contribution >= 4 is 23.9 Å². The molecule has 1 aromatic rings. The van der Waals surface area contributed by atoms with Gasteiger partial charge in [-0.15, -0.1) is 6.58 Å². The molecule has 0 spiro atoms. The first kappa shape index (κ1) is 15.9. The van der Waals surface area contributed by atoms with Crippen LogP contribution >= 0.6 is 0 Å². The van der Waals surface area contributed by atoms with Gasteiger partial charge in [0.15, 0.2) is 0 Å². The van der Waals surface area contributed by atoms with Gasteiger partial charge in [0.2, 0.25) is 0 Å². The Hall–Kier alpha value is -3.16. The van der Waals surface area contributed by atoms with Crippen molar-refractivity contribution in [2.45, 2.75) is 6.42 Å². The summed E-state index contributed by atoms with van der Waals surface area (Å²) < 4.78 is 0. The largest absolute Gasteiger partial charge is 0.478 e. The Labute approximate surface area is 117 Å². The van der Waals surface area contributed by atoms with Gasteiger partial charge in [0.05, 0.1) is 22.3 Å². The number of carboxylic acids is 4. The lowest BCUT2D eigenvalue weighted by atomic mass is 9.90. The molecule has 0 fully saturated rings. The van der Waals surface area contributed by atoms with E-state index in [4.69, 9.17) is 20.4 Å². The summed E-state index contributed by atoms with van der Waals surface area (Å²) in [6, 6.07) is 0.837. The summed E-state index contributed by atoms with van der Waals surface area (Å²) >= 11 is 0. The summed E-state index contributed by atoms with van der Waals surface area (Å²) in [5.74, 6) is -7.00. The maximum absolute atomic E-state index is 11.2. The highest BCUT2D eigenvalue weighted by Crippen LogP contribution is 2.25. The van der Waals surface area contributed by atoms with Crippen molar-refractivity contribution in [3.05, 3.63) is 46.5 Å². The van der Waals surface area contributed by atoms with Gasteiger partial charge in [-0.05, 0) is 18.1 Å². The van der Waals surface area contributed by atoms with Crippen LogP contribution in [0.2, 0.25) is 0 Å². The Bertz CT molecular complexity index is 671. The molecule has 1 rings (SSSR count). The Balaban J connectivity index is 4.02. The van der Waals surface area contributed by atoms with Crippen LogP contribution in [0.4, 0.5) is 0 Å². The van der Waals surface area contributed by atoms with Crippen molar-refractivity contribution in [3.8, 4) is 0 Å². The van der Waals surface area contributed by atoms with E-state index in [9.17, 15) is 19.2 Å². The zero-order chi connectivity index (χ0) is 16.3. The van der Waals surface area contributed by atoms with Gasteiger partial charge in [-0.25, -0.2) is 19.2 Å². The highest BCUT2D eigenvalue weighted by molar-refractivity contribution is 6.14. The van der Waals surface area contributed by atoms with E-state index in [1.54, 1.807) is 0 Å². The molecule has 0 saturated heterocycles. The molecule has 0 saturated carbocycles. The smallest absolute Gasteiger partial charge is 0.337 e. The molecule has 0 radical (unpaired) electrons. The average molecular weight is 294 g/mol. The first-order valence-electron chi connectivity index (χ1n) is 5.46. The molecular formula is C13H10O8. The molecule has 21 heavy (non-hydrogen) atoms. The fourth-order valence-corrected chi connectivity index (χ4v) is 1.90. The van der Waals surface area contributed by atoms with Gasteiger partial charge < -0.3 is 20.4 Å². The molecule has 8 nitrogen and oxygen atoms in total. The fourth-order valence-electron chi connectivity index (χ4n) is 1.90. The van der Waals surface area contributed by atoms with E-state index in [0.717, 1.165) is 6.07 Å². The molecule has 0 aliphatic heterocycles. The van der Waals surface area contributed by atoms with Crippen LogP contribution in [0.3, 0.4) is 0 Å². The van der Waals surface area contributed by atoms with Crippen LogP contribution < -0.4 is 0 Å². The van der Waals surface area contributed by atoms with Crippen molar-refractivity contribution in [1.82, 2.24) is 0 Å². The van der Waals surface area contributed by atoms with E-state index in [-0.39, 0.29) is 12.0 Å². The van der Waals surface area contributed by atoms with Crippen LogP contribution in [-0.4, -0.2) is 44.3 Å². The molecule has 0 amide bonds. The van der Waals surface area contributed by atoms with Crippen LogP contribution in [0.5, 0.6) is 0 Å². The quantitative estimate of drug-likeness (QED) is 0.572. The minimum absolute atomic E-state index is 0.123. The molecule has 0 bridgehead atoms. The summed E-state index contributed by atoms with van der Waals surface area (Å²) in [5, 5.41) is 36.3. The highest BCUT2D eigenvalue weighted by Gasteiger charge is 2.31. The third kappa shape index (κ3) is 2.89. The first-order valence-corrected chi connectivity index (χ1v) is 5.46. The molecule has 0 aliphatic rings. The number of aromatic carboxylic acids is 4. The Kier molecular flexibility index (Phi) is 4.44. The standard InChI is InChI=1S/C13H10O8/c1-2-3-5-4-6(10(14)15)8(12(18)19)9(13(20)21)7(5)11(16)17/h2,4H,1,3H2,(H,14,15)(H,16,17)(H,18,19)(H,20,21). The van der Waals surface area contributed by atoms with Gasteiger partial charge in [0.1, 0.15) is 0 Å².